The maximum atomic E-state index is 13.6. The zero-order chi connectivity index (χ0) is 13.8. The predicted molar refractivity (Wildman–Crippen MR) is 64.8 cm³/mol. The molecule has 2 rings (SSSR count). The Hall–Kier alpha value is -2.48. The molecule has 0 heterocycles. The van der Waals surface area contributed by atoms with Crippen LogP contribution in [0.3, 0.4) is 0 Å². The summed E-state index contributed by atoms with van der Waals surface area (Å²) in [6.07, 6.45) is 0. The van der Waals surface area contributed by atoms with Gasteiger partial charge in [-0.05, 0) is 30.3 Å². The van der Waals surface area contributed by atoms with Gasteiger partial charge in [-0.15, -0.1) is 0 Å². The van der Waals surface area contributed by atoms with E-state index >= 15 is 0 Å². The lowest BCUT2D eigenvalue weighted by molar-refractivity contribution is 0.559. The van der Waals surface area contributed by atoms with Crippen molar-refractivity contribution in [3.63, 3.8) is 0 Å². The number of benzene rings is 2. The first kappa shape index (κ1) is 13.0. The molecule has 5 heteroatoms. The SMILES string of the molecule is N#Cc1cc(F)c(CNc2cccc(F)c2)c(F)c1. The van der Waals surface area contributed by atoms with Crippen LogP contribution < -0.4 is 5.32 Å². The van der Waals surface area contributed by atoms with Crippen molar-refractivity contribution in [1.82, 2.24) is 0 Å². The molecule has 2 nitrogen and oxygen atoms in total. The van der Waals surface area contributed by atoms with Crippen LogP contribution in [0.15, 0.2) is 36.4 Å². The molecule has 1 N–H and O–H groups in total. The van der Waals surface area contributed by atoms with Crippen LogP contribution >= 0.6 is 0 Å². The van der Waals surface area contributed by atoms with Crippen molar-refractivity contribution in [2.24, 2.45) is 0 Å². The molecule has 0 atom stereocenters. The molecule has 0 spiro atoms. The van der Waals surface area contributed by atoms with E-state index in [4.69, 9.17) is 5.26 Å². The minimum Gasteiger partial charge on any atom is -0.381 e. The number of anilines is 1. The molecule has 0 amide bonds. The van der Waals surface area contributed by atoms with E-state index in [9.17, 15) is 13.2 Å². The minimum atomic E-state index is -0.805. The van der Waals surface area contributed by atoms with Crippen LogP contribution in [0.5, 0.6) is 0 Å². The number of halogens is 3. The number of hydrogen-bond donors (Lipinski definition) is 1. The summed E-state index contributed by atoms with van der Waals surface area (Å²) >= 11 is 0. The molecule has 0 unspecified atom stereocenters. The smallest absolute Gasteiger partial charge is 0.132 e. The lowest BCUT2D eigenvalue weighted by atomic mass is 10.1. The van der Waals surface area contributed by atoms with Gasteiger partial charge in [0, 0.05) is 17.8 Å². The van der Waals surface area contributed by atoms with E-state index < -0.39 is 17.5 Å². The highest BCUT2D eigenvalue weighted by Gasteiger charge is 2.11. The molecule has 0 aliphatic carbocycles. The average molecular weight is 262 g/mol. The first-order valence-corrected chi connectivity index (χ1v) is 5.47. The Kier molecular flexibility index (Phi) is 3.71. The van der Waals surface area contributed by atoms with E-state index in [0.717, 1.165) is 12.1 Å². The van der Waals surface area contributed by atoms with E-state index in [0.29, 0.717) is 5.69 Å². The summed E-state index contributed by atoms with van der Waals surface area (Å²) in [5.74, 6) is -2.05. The molecule has 0 radical (unpaired) electrons. The summed E-state index contributed by atoms with van der Waals surface area (Å²) in [5, 5.41) is 11.3. The average Bonchev–Trinajstić information content (AvgIpc) is 2.37. The third-order valence-corrected chi connectivity index (χ3v) is 2.56. The third kappa shape index (κ3) is 3.05. The Labute approximate surface area is 108 Å². The van der Waals surface area contributed by atoms with E-state index in [1.807, 2.05) is 0 Å². The van der Waals surface area contributed by atoms with E-state index in [1.165, 1.54) is 18.2 Å². The monoisotopic (exact) mass is 262 g/mol. The van der Waals surface area contributed by atoms with Crippen LogP contribution in [0.25, 0.3) is 0 Å². The Morgan fingerprint density at radius 1 is 1.05 bits per heavy atom. The fraction of sp³-hybridized carbons (Fsp3) is 0.0714. The van der Waals surface area contributed by atoms with Crippen molar-refractivity contribution in [1.29, 1.82) is 5.26 Å². The molecule has 19 heavy (non-hydrogen) atoms. The van der Waals surface area contributed by atoms with Gasteiger partial charge in [0.05, 0.1) is 11.6 Å². The van der Waals surface area contributed by atoms with Gasteiger partial charge in [-0.25, -0.2) is 13.2 Å². The summed E-state index contributed by atoms with van der Waals surface area (Å²) in [7, 11) is 0. The highest BCUT2D eigenvalue weighted by molar-refractivity contribution is 5.44. The summed E-state index contributed by atoms with van der Waals surface area (Å²) in [6.45, 7) is -0.132. The van der Waals surface area contributed by atoms with Crippen LogP contribution in [0.1, 0.15) is 11.1 Å². The van der Waals surface area contributed by atoms with Crippen molar-refractivity contribution in [2.45, 2.75) is 6.54 Å². The zero-order valence-electron chi connectivity index (χ0n) is 9.75. The quantitative estimate of drug-likeness (QED) is 0.917. The van der Waals surface area contributed by atoms with Crippen LogP contribution in [-0.2, 0) is 6.54 Å². The Bertz CT molecular complexity index is 624. The van der Waals surface area contributed by atoms with Crippen molar-refractivity contribution >= 4 is 5.69 Å². The van der Waals surface area contributed by atoms with E-state index in [-0.39, 0.29) is 17.7 Å². The van der Waals surface area contributed by atoms with Gasteiger partial charge in [-0.1, -0.05) is 6.07 Å². The third-order valence-electron chi connectivity index (χ3n) is 2.56. The summed E-state index contributed by atoms with van der Waals surface area (Å²) in [5.41, 5.74) is 0.149. The Morgan fingerprint density at radius 2 is 1.74 bits per heavy atom. The molecule has 2 aromatic rings. The van der Waals surface area contributed by atoms with E-state index in [1.54, 1.807) is 12.1 Å². The maximum absolute atomic E-state index is 13.6. The van der Waals surface area contributed by atoms with Crippen LogP contribution in [-0.4, -0.2) is 0 Å². The standard InChI is InChI=1S/C14H9F3N2/c15-10-2-1-3-11(6-10)19-8-12-13(16)4-9(7-18)5-14(12)17/h1-6,19H,8H2. The fourth-order valence-corrected chi connectivity index (χ4v) is 1.63. The maximum Gasteiger partial charge on any atom is 0.132 e. The molecule has 0 aliphatic rings. The summed E-state index contributed by atoms with van der Waals surface area (Å²) in [4.78, 5) is 0. The number of rotatable bonds is 3. The molecule has 0 fully saturated rings. The normalized spacial score (nSPS) is 10.0. The van der Waals surface area contributed by atoms with Crippen molar-refractivity contribution in [3.8, 4) is 6.07 Å². The van der Waals surface area contributed by atoms with Gasteiger partial charge in [0.15, 0.2) is 0 Å². The molecule has 0 aromatic heterocycles. The van der Waals surface area contributed by atoms with Crippen molar-refractivity contribution in [2.75, 3.05) is 5.32 Å². The summed E-state index contributed by atoms with van der Waals surface area (Å²) < 4.78 is 40.1. The minimum absolute atomic E-state index is 0.0792. The highest BCUT2D eigenvalue weighted by atomic mass is 19.1. The Balaban J connectivity index is 2.18. The van der Waals surface area contributed by atoms with Gasteiger partial charge >= 0.3 is 0 Å². The molecular formula is C14H9F3N2. The van der Waals surface area contributed by atoms with Gasteiger partial charge in [0.1, 0.15) is 17.5 Å². The highest BCUT2D eigenvalue weighted by Crippen LogP contribution is 2.17. The van der Waals surface area contributed by atoms with Crippen LogP contribution in [0, 0.1) is 28.8 Å². The predicted octanol–water partition coefficient (Wildman–Crippen LogP) is 3.59. The van der Waals surface area contributed by atoms with E-state index in [2.05, 4.69) is 5.32 Å². The second-order valence-corrected chi connectivity index (χ2v) is 3.89. The second-order valence-electron chi connectivity index (χ2n) is 3.89. The number of nitriles is 1. The first-order chi connectivity index (χ1) is 9.10. The van der Waals surface area contributed by atoms with Crippen LogP contribution in [0.2, 0.25) is 0 Å². The molecule has 2 aromatic carbocycles. The topological polar surface area (TPSA) is 35.8 Å². The van der Waals surface area contributed by atoms with Crippen LogP contribution in [0.4, 0.5) is 18.9 Å². The number of nitrogens with zero attached hydrogens (tertiary/aromatic N) is 1. The van der Waals surface area contributed by atoms with Crippen molar-refractivity contribution in [3.05, 3.63) is 65.0 Å². The summed E-state index contributed by atoms with van der Waals surface area (Å²) in [6, 6.07) is 9.16. The number of nitrogens with one attached hydrogen (secondary N) is 1. The number of hydrogen-bond acceptors (Lipinski definition) is 2. The Morgan fingerprint density at radius 3 is 2.32 bits per heavy atom. The zero-order valence-corrected chi connectivity index (χ0v) is 9.75. The molecule has 0 saturated carbocycles. The lowest BCUT2D eigenvalue weighted by Gasteiger charge is -2.09. The second kappa shape index (κ2) is 5.44. The van der Waals surface area contributed by atoms with Gasteiger partial charge in [-0.2, -0.15) is 5.26 Å². The van der Waals surface area contributed by atoms with Gasteiger partial charge in [0.2, 0.25) is 0 Å². The molecular weight excluding hydrogens is 253 g/mol. The lowest BCUT2D eigenvalue weighted by Crippen LogP contribution is -2.05. The van der Waals surface area contributed by atoms with Gasteiger partial charge in [-0.3, -0.25) is 0 Å². The van der Waals surface area contributed by atoms with Gasteiger partial charge in [0.25, 0.3) is 0 Å². The molecule has 0 saturated heterocycles. The molecule has 96 valence electrons. The first-order valence-electron chi connectivity index (χ1n) is 5.47. The fourth-order valence-electron chi connectivity index (χ4n) is 1.63. The molecule has 0 aliphatic heterocycles. The van der Waals surface area contributed by atoms with Crippen molar-refractivity contribution < 1.29 is 13.2 Å². The van der Waals surface area contributed by atoms with Gasteiger partial charge < -0.3 is 5.32 Å². The largest absolute Gasteiger partial charge is 0.381 e. The molecule has 0 bridgehead atoms.